The molecule has 0 saturated heterocycles. The number of esters is 1. The number of hydrogen-bond acceptors (Lipinski definition) is 6. The Morgan fingerprint density at radius 3 is 2.54 bits per heavy atom. The van der Waals surface area contributed by atoms with Gasteiger partial charge in [0.1, 0.15) is 5.75 Å². The second-order valence-electron chi connectivity index (χ2n) is 6.06. The molecule has 152 valence electrons. The highest BCUT2D eigenvalue weighted by molar-refractivity contribution is 6.31. The lowest BCUT2D eigenvalue weighted by molar-refractivity contribution is 0.0600. The highest BCUT2D eigenvalue weighted by Crippen LogP contribution is 2.23. The average molecular weight is 409 g/mol. The van der Waals surface area contributed by atoms with Gasteiger partial charge in [0.2, 0.25) is 0 Å². The molecule has 0 atom stereocenters. The Morgan fingerprint density at radius 2 is 1.89 bits per heavy atom. The number of carbonyl (C=O) groups excluding carboxylic acids is 1. The minimum atomic E-state index is -0.368. The summed E-state index contributed by atoms with van der Waals surface area (Å²) in [7, 11) is 1.36. The molecular formula is C20H25ClN2O5. The van der Waals surface area contributed by atoms with E-state index >= 15 is 0 Å². The summed E-state index contributed by atoms with van der Waals surface area (Å²) in [6, 6.07) is 5.27. The molecule has 2 rings (SSSR count). The van der Waals surface area contributed by atoms with Gasteiger partial charge in [-0.15, -0.1) is 0 Å². The highest BCUT2D eigenvalue weighted by Gasteiger charge is 2.11. The summed E-state index contributed by atoms with van der Waals surface area (Å²) in [5.74, 6) is 0.637. The van der Waals surface area contributed by atoms with Crippen molar-refractivity contribution < 1.29 is 19.0 Å². The molecule has 2 aromatic rings. The van der Waals surface area contributed by atoms with Gasteiger partial charge in [0.25, 0.3) is 5.56 Å². The quantitative estimate of drug-likeness (QED) is 0.442. The minimum absolute atomic E-state index is 0.0291. The standard InChI is InChI=1S/C20H25ClN2O5/c1-4-7-14-12-15(20(25)26-3)8-9-16(14)27-10-6-11-28-17-13-22-23(5-2)19(24)18(17)21/h8-9,12-13H,4-7,10-11H2,1-3H3. The Balaban J connectivity index is 1.90. The van der Waals surface area contributed by atoms with Crippen LogP contribution in [0.5, 0.6) is 11.5 Å². The zero-order valence-corrected chi connectivity index (χ0v) is 17.1. The molecule has 0 aliphatic heterocycles. The van der Waals surface area contributed by atoms with E-state index in [1.165, 1.54) is 18.0 Å². The second-order valence-corrected chi connectivity index (χ2v) is 6.44. The van der Waals surface area contributed by atoms with Gasteiger partial charge < -0.3 is 14.2 Å². The second kappa shape index (κ2) is 10.7. The third-order valence-corrected chi connectivity index (χ3v) is 4.41. The molecule has 0 aliphatic carbocycles. The zero-order chi connectivity index (χ0) is 20.5. The maximum Gasteiger partial charge on any atom is 0.337 e. The number of aromatic nitrogens is 2. The van der Waals surface area contributed by atoms with Gasteiger partial charge in [-0.3, -0.25) is 4.79 Å². The average Bonchev–Trinajstić information content (AvgIpc) is 2.71. The topological polar surface area (TPSA) is 79.7 Å². The van der Waals surface area contributed by atoms with Gasteiger partial charge in [-0.2, -0.15) is 5.10 Å². The SMILES string of the molecule is CCCc1cc(C(=O)OC)ccc1OCCCOc1cnn(CC)c(=O)c1Cl. The van der Waals surface area contributed by atoms with Crippen LogP contribution in [0.4, 0.5) is 0 Å². The molecule has 0 unspecified atom stereocenters. The lowest BCUT2D eigenvalue weighted by atomic mass is 10.1. The van der Waals surface area contributed by atoms with Gasteiger partial charge in [0, 0.05) is 13.0 Å². The van der Waals surface area contributed by atoms with Crippen LogP contribution in [0.25, 0.3) is 0 Å². The van der Waals surface area contributed by atoms with Crippen molar-refractivity contribution >= 4 is 17.6 Å². The van der Waals surface area contributed by atoms with Crippen molar-refractivity contribution in [1.82, 2.24) is 9.78 Å². The Morgan fingerprint density at radius 1 is 1.18 bits per heavy atom. The van der Waals surface area contributed by atoms with Gasteiger partial charge in [-0.05, 0) is 37.1 Å². The summed E-state index contributed by atoms with van der Waals surface area (Å²) in [5.41, 5.74) is 1.10. The molecule has 28 heavy (non-hydrogen) atoms. The van der Waals surface area contributed by atoms with Crippen molar-refractivity contribution in [2.45, 2.75) is 39.7 Å². The van der Waals surface area contributed by atoms with Gasteiger partial charge >= 0.3 is 5.97 Å². The molecule has 0 radical (unpaired) electrons. The Bertz CT molecular complexity index is 866. The minimum Gasteiger partial charge on any atom is -0.493 e. The maximum atomic E-state index is 11.9. The van der Waals surface area contributed by atoms with Gasteiger partial charge in [0.05, 0.1) is 32.1 Å². The lowest BCUT2D eigenvalue weighted by Gasteiger charge is -2.13. The van der Waals surface area contributed by atoms with E-state index in [0.29, 0.717) is 31.7 Å². The molecule has 0 N–H and O–H groups in total. The molecule has 8 heteroatoms. The summed E-state index contributed by atoms with van der Waals surface area (Å²) < 4.78 is 17.4. The van der Waals surface area contributed by atoms with Crippen LogP contribution in [0.1, 0.15) is 42.6 Å². The molecule has 7 nitrogen and oxygen atoms in total. The van der Waals surface area contributed by atoms with Crippen LogP contribution in [0.15, 0.2) is 29.2 Å². The van der Waals surface area contributed by atoms with E-state index in [9.17, 15) is 9.59 Å². The van der Waals surface area contributed by atoms with E-state index in [1.807, 2.05) is 6.92 Å². The number of carbonyl (C=O) groups is 1. The van der Waals surface area contributed by atoms with E-state index in [4.69, 9.17) is 25.8 Å². The number of hydrogen-bond donors (Lipinski definition) is 0. The Hall–Kier alpha value is -2.54. The van der Waals surface area contributed by atoms with Gasteiger partial charge in [-0.25, -0.2) is 9.48 Å². The fourth-order valence-electron chi connectivity index (χ4n) is 2.63. The van der Waals surface area contributed by atoms with Crippen molar-refractivity contribution in [3.05, 3.63) is 50.9 Å². The summed E-state index contributed by atoms with van der Waals surface area (Å²) in [4.78, 5) is 23.6. The fraction of sp³-hybridized carbons (Fsp3) is 0.450. The first-order valence-corrected chi connectivity index (χ1v) is 9.62. The predicted molar refractivity (Wildman–Crippen MR) is 107 cm³/mol. The molecule has 0 bridgehead atoms. The first-order valence-electron chi connectivity index (χ1n) is 9.24. The number of ether oxygens (including phenoxy) is 3. The van der Waals surface area contributed by atoms with Crippen LogP contribution < -0.4 is 15.0 Å². The number of aryl methyl sites for hydroxylation is 2. The first-order chi connectivity index (χ1) is 13.5. The van der Waals surface area contributed by atoms with Crippen molar-refractivity contribution in [2.24, 2.45) is 0 Å². The van der Waals surface area contributed by atoms with E-state index in [-0.39, 0.29) is 22.3 Å². The summed E-state index contributed by atoms with van der Waals surface area (Å²) in [5, 5.41) is 4.02. The molecule has 0 fully saturated rings. The Labute approximate surface area is 169 Å². The largest absolute Gasteiger partial charge is 0.493 e. The third-order valence-electron chi connectivity index (χ3n) is 4.06. The van der Waals surface area contributed by atoms with Crippen LogP contribution in [0, 0.1) is 0 Å². The van der Waals surface area contributed by atoms with E-state index in [0.717, 1.165) is 24.2 Å². The molecule has 0 aliphatic rings. The molecule has 0 saturated carbocycles. The summed E-state index contributed by atoms with van der Waals surface area (Å²) in [6.07, 6.45) is 3.76. The molecule has 1 aromatic heterocycles. The fourth-order valence-corrected chi connectivity index (χ4v) is 2.83. The summed E-state index contributed by atoms with van der Waals surface area (Å²) >= 11 is 6.03. The van der Waals surface area contributed by atoms with Crippen molar-refractivity contribution in [2.75, 3.05) is 20.3 Å². The van der Waals surface area contributed by atoms with Crippen LogP contribution >= 0.6 is 11.6 Å². The molecule has 1 aromatic carbocycles. The molecule has 0 spiro atoms. The first kappa shape index (κ1) is 21.8. The van der Waals surface area contributed by atoms with E-state index < -0.39 is 0 Å². The predicted octanol–water partition coefficient (Wildman–Crippen LogP) is 3.50. The van der Waals surface area contributed by atoms with Crippen LogP contribution in [-0.2, 0) is 17.7 Å². The lowest BCUT2D eigenvalue weighted by Crippen LogP contribution is -2.22. The summed E-state index contributed by atoms with van der Waals surface area (Å²) in [6.45, 7) is 5.08. The van der Waals surface area contributed by atoms with Crippen molar-refractivity contribution in [3.8, 4) is 11.5 Å². The number of benzene rings is 1. The molecule has 0 amide bonds. The van der Waals surface area contributed by atoms with Gasteiger partial charge in [-0.1, -0.05) is 24.9 Å². The van der Waals surface area contributed by atoms with E-state index in [1.54, 1.807) is 18.2 Å². The molecular weight excluding hydrogens is 384 g/mol. The third kappa shape index (κ3) is 5.48. The van der Waals surface area contributed by atoms with Crippen LogP contribution in [0.2, 0.25) is 5.02 Å². The van der Waals surface area contributed by atoms with Crippen molar-refractivity contribution in [1.29, 1.82) is 0 Å². The normalized spacial score (nSPS) is 10.6. The monoisotopic (exact) mass is 408 g/mol. The van der Waals surface area contributed by atoms with Crippen LogP contribution in [0.3, 0.4) is 0 Å². The Kier molecular flexibility index (Phi) is 8.32. The zero-order valence-electron chi connectivity index (χ0n) is 16.4. The molecule has 1 heterocycles. The van der Waals surface area contributed by atoms with Crippen LogP contribution in [-0.4, -0.2) is 36.1 Å². The van der Waals surface area contributed by atoms with E-state index in [2.05, 4.69) is 12.0 Å². The number of halogens is 1. The number of rotatable bonds is 10. The number of nitrogens with zero attached hydrogens (tertiary/aromatic N) is 2. The van der Waals surface area contributed by atoms with Gasteiger partial charge in [0.15, 0.2) is 10.8 Å². The highest BCUT2D eigenvalue weighted by atomic mass is 35.5. The smallest absolute Gasteiger partial charge is 0.337 e. The maximum absolute atomic E-state index is 11.9. The van der Waals surface area contributed by atoms with Crippen molar-refractivity contribution in [3.63, 3.8) is 0 Å². The number of methoxy groups -OCH3 is 1.